The second-order valence-electron chi connectivity index (χ2n) is 9.78. The number of rotatable bonds is 9. The summed E-state index contributed by atoms with van der Waals surface area (Å²) >= 11 is 0. The van der Waals surface area contributed by atoms with Crippen LogP contribution in [0.2, 0.25) is 0 Å². The molecule has 0 heterocycles. The molecule has 0 aromatic heterocycles. The molecule has 0 saturated heterocycles. The molecule has 0 radical (unpaired) electrons. The fraction of sp³-hybridized carbons (Fsp3) is 0.462. The van der Waals surface area contributed by atoms with E-state index in [4.69, 9.17) is 0 Å². The highest BCUT2D eigenvalue weighted by molar-refractivity contribution is 7.92. The van der Waals surface area contributed by atoms with Crippen molar-refractivity contribution in [3.05, 3.63) is 65.2 Å². The van der Waals surface area contributed by atoms with Crippen molar-refractivity contribution < 1.29 is 18.0 Å². The molecule has 2 aromatic rings. The third-order valence-electron chi connectivity index (χ3n) is 5.33. The number of sulfonamides is 1. The van der Waals surface area contributed by atoms with Crippen LogP contribution >= 0.6 is 0 Å². The standard InChI is InChI=1S/C26H37N3O4S/c1-8-23(25(31)27-26(4,5)6)28(17-21-14-12-19(2)13-15-21)24(30)18-29(34(7,32)33)22-11-9-10-20(3)16-22/h9-16,23H,8,17-18H2,1-7H3,(H,27,31)/t23-/m0/s1. The quantitative estimate of drug-likeness (QED) is 0.583. The maximum Gasteiger partial charge on any atom is 0.244 e. The Morgan fingerprint density at radius 3 is 2.12 bits per heavy atom. The largest absolute Gasteiger partial charge is 0.350 e. The fourth-order valence-corrected chi connectivity index (χ4v) is 4.50. The van der Waals surface area contributed by atoms with Crippen molar-refractivity contribution in [2.24, 2.45) is 0 Å². The van der Waals surface area contributed by atoms with Crippen LogP contribution in [-0.4, -0.2) is 49.5 Å². The Kier molecular flexibility index (Phi) is 8.89. The molecule has 0 aliphatic heterocycles. The second kappa shape index (κ2) is 11.0. The number of benzene rings is 2. The average Bonchev–Trinajstić information content (AvgIpc) is 2.71. The molecule has 0 aliphatic rings. The summed E-state index contributed by atoms with van der Waals surface area (Å²) in [4.78, 5) is 28.3. The SMILES string of the molecule is CC[C@@H](C(=O)NC(C)(C)C)N(Cc1ccc(C)cc1)C(=O)CN(c1cccc(C)c1)S(C)(=O)=O. The zero-order valence-corrected chi connectivity index (χ0v) is 22.1. The molecule has 0 fully saturated rings. The molecule has 1 atom stereocenters. The van der Waals surface area contributed by atoms with Crippen molar-refractivity contribution in [3.63, 3.8) is 0 Å². The van der Waals surface area contributed by atoms with E-state index in [9.17, 15) is 18.0 Å². The minimum Gasteiger partial charge on any atom is -0.350 e. The number of carbonyl (C=O) groups is 2. The van der Waals surface area contributed by atoms with E-state index >= 15 is 0 Å². The van der Waals surface area contributed by atoms with Gasteiger partial charge in [-0.2, -0.15) is 0 Å². The first-order valence-electron chi connectivity index (χ1n) is 11.4. The van der Waals surface area contributed by atoms with Crippen LogP contribution in [0.3, 0.4) is 0 Å². The fourth-order valence-electron chi connectivity index (χ4n) is 3.66. The maximum absolute atomic E-state index is 13.6. The highest BCUT2D eigenvalue weighted by atomic mass is 32.2. The Hall–Kier alpha value is -2.87. The van der Waals surface area contributed by atoms with E-state index in [1.807, 2.05) is 71.9 Å². The van der Waals surface area contributed by atoms with Gasteiger partial charge in [0.15, 0.2) is 0 Å². The van der Waals surface area contributed by atoms with Gasteiger partial charge < -0.3 is 10.2 Å². The van der Waals surface area contributed by atoms with Crippen molar-refractivity contribution in [3.8, 4) is 0 Å². The van der Waals surface area contributed by atoms with Crippen LogP contribution in [-0.2, 0) is 26.2 Å². The minimum atomic E-state index is -3.74. The lowest BCUT2D eigenvalue weighted by Gasteiger charge is -2.34. The molecular formula is C26H37N3O4S. The molecule has 7 nitrogen and oxygen atoms in total. The first-order chi connectivity index (χ1) is 15.7. The molecule has 0 aliphatic carbocycles. The first-order valence-corrected chi connectivity index (χ1v) is 13.3. The summed E-state index contributed by atoms with van der Waals surface area (Å²) in [6.07, 6.45) is 1.47. The van der Waals surface area contributed by atoms with E-state index in [0.29, 0.717) is 12.1 Å². The Labute approximate surface area is 204 Å². The van der Waals surface area contributed by atoms with Gasteiger partial charge in [0.25, 0.3) is 0 Å². The van der Waals surface area contributed by atoms with Gasteiger partial charge in [-0.25, -0.2) is 8.42 Å². The molecule has 186 valence electrons. The van der Waals surface area contributed by atoms with Gasteiger partial charge in [0.05, 0.1) is 11.9 Å². The summed E-state index contributed by atoms with van der Waals surface area (Å²) in [5.74, 6) is -0.708. The minimum absolute atomic E-state index is 0.195. The maximum atomic E-state index is 13.6. The molecule has 0 unspecified atom stereocenters. The Morgan fingerprint density at radius 2 is 1.62 bits per heavy atom. The van der Waals surface area contributed by atoms with Crippen molar-refractivity contribution in [2.75, 3.05) is 17.1 Å². The lowest BCUT2D eigenvalue weighted by molar-refractivity contribution is -0.141. The molecule has 8 heteroatoms. The van der Waals surface area contributed by atoms with Gasteiger partial charge in [-0.1, -0.05) is 48.9 Å². The van der Waals surface area contributed by atoms with Crippen LogP contribution in [0, 0.1) is 13.8 Å². The summed E-state index contributed by atoms with van der Waals surface area (Å²) in [6.45, 7) is 11.1. The van der Waals surface area contributed by atoms with Crippen molar-refractivity contribution in [2.45, 2.75) is 66.1 Å². The number of aryl methyl sites for hydroxylation is 2. The average molecular weight is 488 g/mol. The normalized spacial score (nSPS) is 12.7. The number of hydrogen-bond donors (Lipinski definition) is 1. The molecule has 0 spiro atoms. The van der Waals surface area contributed by atoms with Crippen molar-refractivity contribution in [1.82, 2.24) is 10.2 Å². The van der Waals surface area contributed by atoms with Gasteiger partial charge in [0, 0.05) is 12.1 Å². The first kappa shape index (κ1) is 27.4. The summed E-state index contributed by atoms with van der Waals surface area (Å²) in [5.41, 5.74) is 2.78. The molecule has 34 heavy (non-hydrogen) atoms. The van der Waals surface area contributed by atoms with Gasteiger partial charge >= 0.3 is 0 Å². The van der Waals surface area contributed by atoms with E-state index in [2.05, 4.69) is 5.32 Å². The van der Waals surface area contributed by atoms with Gasteiger partial charge in [-0.05, 0) is 64.3 Å². The third kappa shape index (κ3) is 7.87. The summed E-state index contributed by atoms with van der Waals surface area (Å²) < 4.78 is 26.4. The monoisotopic (exact) mass is 487 g/mol. The summed E-state index contributed by atoms with van der Waals surface area (Å²) in [5, 5.41) is 2.96. The number of nitrogens with zero attached hydrogens (tertiary/aromatic N) is 2. The van der Waals surface area contributed by atoms with Crippen molar-refractivity contribution in [1.29, 1.82) is 0 Å². The van der Waals surface area contributed by atoms with Crippen LogP contribution < -0.4 is 9.62 Å². The summed E-state index contributed by atoms with van der Waals surface area (Å²) in [6, 6.07) is 14.0. The lowest BCUT2D eigenvalue weighted by atomic mass is 10.1. The molecule has 1 N–H and O–H groups in total. The number of nitrogens with one attached hydrogen (secondary N) is 1. The smallest absolute Gasteiger partial charge is 0.244 e. The highest BCUT2D eigenvalue weighted by Crippen LogP contribution is 2.21. The van der Waals surface area contributed by atoms with Crippen LogP contribution in [0.25, 0.3) is 0 Å². The number of hydrogen-bond acceptors (Lipinski definition) is 4. The molecule has 2 aromatic carbocycles. The van der Waals surface area contributed by atoms with Crippen LogP contribution in [0.1, 0.15) is 50.8 Å². The Bertz CT molecular complexity index is 1110. The van der Waals surface area contributed by atoms with E-state index in [1.54, 1.807) is 18.2 Å². The lowest BCUT2D eigenvalue weighted by Crippen LogP contribution is -2.55. The highest BCUT2D eigenvalue weighted by Gasteiger charge is 2.33. The predicted molar refractivity (Wildman–Crippen MR) is 137 cm³/mol. The van der Waals surface area contributed by atoms with E-state index in [1.165, 1.54) is 4.90 Å². The predicted octanol–water partition coefficient (Wildman–Crippen LogP) is 3.79. The van der Waals surface area contributed by atoms with Crippen LogP contribution in [0.15, 0.2) is 48.5 Å². The topological polar surface area (TPSA) is 86.8 Å². The van der Waals surface area contributed by atoms with Crippen LogP contribution in [0.4, 0.5) is 5.69 Å². The van der Waals surface area contributed by atoms with Gasteiger partial charge in [-0.3, -0.25) is 13.9 Å². The Balaban J connectivity index is 2.45. The van der Waals surface area contributed by atoms with Gasteiger partial charge in [-0.15, -0.1) is 0 Å². The van der Waals surface area contributed by atoms with E-state index in [-0.39, 0.29) is 12.5 Å². The Morgan fingerprint density at radius 1 is 1.00 bits per heavy atom. The second-order valence-corrected chi connectivity index (χ2v) is 11.7. The third-order valence-corrected chi connectivity index (χ3v) is 6.47. The molecule has 0 bridgehead atoms. The number of anilines is 1. The van der Waals surface area contributed by atoms with Gasteiger partial charge in [0.1, 0.15) is 12.6 Å². The zero-order chi connectivity index (χ0) is 25.7. The molecule has 2 rings (SSSR count). The molecule has 0 saturated carbocycles. The van der Waals surface area contributed by atoms with E-state index < -0.39 is 34.1 Å². The molecule has 2 amide bonds. The van der Waals surface area contributed by atoms with Crippen molar-refractivity contribution >= 4 is 27.5 Å². The van der Waals surface area contributed by atoms with Gasteiger partial charge in [0.2, 0.25) is 21.8 Å². The molecular weight excluding hydrogens is 450 g/mol. The number of amides is 2. The van der Waals surface area contributed by atoms with Crippen LogP contribution in [0.5, 0.6) is 0 Å². The summed E-state index contributed by atoms with van der Waals surface area (Å²) in [7, 11) is -3.74. The van der Waals surface area contributed by atoms with E-state index in [0.717, 1.165) is 27.3 Å². The number of carbonyl (C=O) groups excluding carboxylic acids is 2. The zero-order valence-electron chi connectivity index (χ0n) is 21.3.